The molecule has 0 saturated heterocycles. The summed E-state index contributed by atoms with van der Waals surface area (Å²) in [5, 5.41) is 2.83. The molecule has 0 aromatic heterocycles. The zero-order valence-corrected chi connectivity index (χ0v) is 37.7. The average Bonchev–Trinajstić information content (AvgIpc) is 3.18. The molecule has 0 fully saturated rings. The summed E-state index contributed by atoms with van der Waals surface area (Å²) in [6.45, 7) is 4.26. The van der Waals surface area contributed by atoms with Gasteiger partial charge in [0.25, 0.3) is 0 Å². The molecule has 0 aromatic rings. The maximum absolute atomic E-state index is 12.6. The summed E-state index contributed by atoms with van der Waals surface area (Å²) < 4.78 is 33.3. The van der Waals surface area contributed by atoms with Crippen LogP contribution >= 0.6 is 7.82 Å². The van der Waals surface area contributed by atoms with Crippen LogP contribution in [0.3, 0.4) is 0 Å². The molecule has 0 radical (unpaired) electrons. The zero-order chi connectivity index (χ0) is 41.1. The van der Waals surface area contributed by atoms with Crippen LogP contribution in [-0.2, 0) is 32.7 Å². The molecule has 2 atom stereocenters. The lowest BCUT2D eigenvalue weighted by Gasteiger charge is -2.20. The number of carbonyl (C=O) groups excluding carboxylic acids is 2. The van der Waals surface area contributed by atoms with Gasteiger partial charge in [-0.15, -0.1) is 0 Å². The van der Waals surface area contributed by atoms with Crippen LogP contribution in [0.15, 0.2) is 12.2 Å². The highest BCUT2D eigenvalue weighted by atomic mass is 31.2. The van der Waals surface area contributed by atoms with E-state index in [0.717, 1.165) is 32.1 Å². The summed E-state index contributed by atoms with van der Waals surface area (Å²) in [6, 6.07) is 0. The van der Waals surface area contributed by atoms with Crippen molar-refractivity contribution in [1.29, 1.82) is 0 Å². The van der Waals surface area contributed by atoms with Gasteiger partial charge in [-0.1, -0.05) is 193 Å². The molecule has 0 rings (SSSR count). The smallest absolute Gasteiger partial charge is 0.462 e. The van der Waals surface area contributed by atoms with Gasteiger partial charge in [-0.2, -0.15) is 0 Å². The van der Waals surface area contributed by atoms with Gasteiger partial charge in [0.2, 0.25) is 0 Å². The summed E-state index contributed by atoms with van der Waals surface area (Å²) in [5.41, 5.74) is 0. The molecule has 56 heavy (non-hydrogen) atoms. The van der Waals surface area contributed by atoms with Crippen LogP contribution in [0.1, 0.15) is 232 Å². The van der Waals surface area contributed by atoms with Gasteiger partial charge < -0.3 is 19.7 Å². The van der Waals surface area contributed by atoms with Crippen molar-refractivity contribution in [2.24, 2.45) is 0 Å². The maximum Gasteiger partial charge on any atom is 0.472 e. The maximum atomic E-state index is 12.6. The van der Waals surface area contributed by atoms with Crippen molar-refractivity contribution in [3.63, 3.8) is 0 Å². The van der Waals surface area contributed by atoms with Crippen LogP contribution in [0.2, 0.25) is 0 Å². The monoisotopic (exact) mass is 816 g/mol. The summed E-state index contributed by atoms with van der Waals surface area (Å²) in [5.74, 6) is -0.796. The van der Waals surface area contributed by atoms with E-state index in [2.05, 4.69) is 31.3 Å². The molecule has 0 heterocycles. The molecule has 9 nitrogen and oxygen atoms in total. The third-order valence-electron chi connectivity index (χ3n) is 10.4. The Labute approximate surface area is 345 Å². The molecule has 332 valence electrons. The summed E-state index contributed by atoms with van der Waals surface area (Å²) >= 11 is 0. The minimum atomic E-state index is -4.35. The Bertz CT molecular complexity index is 933. The molecule has 0 saturated carbocycles. The molecule has 0 aliphatic rings. The Morgan fingerprint density at radius 3 is 1.32 bits per heavy atom. The van der Waals surface area contributed by atoms with Gasteiger partial charge in [-0.25, -0.2) is 4.57 Å². The van der Waals surface area contributed by atoms with Gasteiger partial charge in [-0.05, 0) is 45.6 Å². The van der Waals surface area contributed by atoms with E-state index in [9.17, 15) is 19.0 Å². The van der Waals surface area contributed by atoms with Crippen molar-refractivity contribution in [2.75, 3.05) is 33.4 Å². The van der Waals surface area contributed by atoms with Crippen LogP contribution in [0.4, 0.5) is 0 Å². The van der Waals surface area contributed by atoms with Crippen molar-refractivity contribution < 1.29 is 37.6 Å². The fourth-order valence-corrected chi connectivity index (χ4v) is 7.54. The van der Waals surface area contributed by atoms with E-state index >= 15 is 0 Å². The van der Waals surface area contributed by atoms with Crippen molar-refractivity contribution >= 4 is 19.8 Å². The number of hydrogen-bond acceptors (Lipinski definition) is 8. The first-order valence-corrected chi connectivity index (χ1v) is 25.1. The molecule has 0 amide bonds. The first kappa shape index (κ1) is 54.8. The molecule has 0 aliphatic heterocycles. The van der Waals surface area contributed by atoms with Crippen molar-refractivity contribution in [3.05, 3.63) is 12.2 Å². The van der Waals surface area contributed by atoms with E-state index in [1.807, 2.05) is 0 Å². The van der Waals surface area contributed by atoms with Crippen molar-refractivity contribution in [3.8, 4) is 0 Å². The Morgan fingerprint density at radius 2 is 0.911 bits per heavy atom. The summed E-state index contributed by atoms with van der Waals surface area (Å²) in [7, 11) is -2.64. The highest BCUT2D eigenvalue weighted by molar-refractivity contribution is 7.47. The number of phosphoric ester groups is 1. The Morgan fingerprint density at radius 1 is 0.536 bits per heavy atom. The third kappa shape index (κ3) is 42.4. The van der Waals surface area contributed by atoms with E-state index in [1.54, 1.807) is 7.05 Å². The van der Waals surface area contributed by atoms with Gasteiger partial charge in [0.05, 0.1) is 13.2 Å². The van der Waals surface area contributed by atoms with Crippen molar-refractivity contribution in [2.45, 2.75) is 238 Å². The second kappa shape index (κ2) is 43.3. The molecule has 2 N–H and O–H groups in total. The summed E-state index contributed by atoms with van der Waals surface area (Å²) in [6.07, 6.45) is 43.9. The van der Waals surface area contributed by atoms with E-state index in [4.69, 9.17) is 18.5 Å². The van der Waals surface area contributed by atoms with Gasteiger partial charge in [0, 0.05) is 19.4 Å². The number of rotatable bonds is 45. The van der Waals surface area contributed by atoms with Crippen molar-refractivity contribution in [1.82, 2.24) is 5.32 Å². The molecule has 0 aromatic carbocycles. The number of ether oxygens (including phenoxy) is 2. The second-order valence-electron chi connectivity index (χ2n) is 15.9. The Hall–Kier alpha value is -1.25. The molecule has 0 bridgehead atoms. The highest BCUT2D eigenvalue weighted by Crippen LogP contribution is 2.43. The number of phosphoric acid groups is 1. The largest absolute Gasteiger partial charge is 0.472 e. The van der Waals surface area contributed by atoms with E-state index in [1.165, 1.54) is 167 Å². The predicted molar refractivity (Wildman–Crippen MR) is 234 cm³/mol. The molecular formula is C46H90NO8P. The van der Waals surface area contributed by atoms with E-state index in [0.29, 0.717) is 19.4 Å². The summed E-state index contributed by atoms with van der Waals surface area (Å²) in [4.78, 5) is 35.1. The molecule has 0 aliphatic carbocycles. The topological polar surface area (TPSA) is 120 Å². The number of unbranched alkanes of at least 4 members (excludes halogenated alkanes) is 29. The normalized spacial score (nSPS) is 13.3. The fourth-order valence-electron chi connectivity index (χ4n) is 6.78. The third-order valence-corrected chi connectivity index (χ3v) is 11.4. The Kier molecular flexibility index (Phi) is 42.4. The molecule has 0 spiro atoms. The van der Waals surface area contributed by atoms with Gasteiger partial charge in [0.1, 0.15) is 6.61 Å². The van der Waals surface area contributed by atoms with E-state index in [-0.39, 0.29) is 25.6 Å². The first-order valence-electron chi connectivity index (χ1n) is 23.6. The zero-order valence-electron chi connectivity index (χ0n) is 36.9. The van der Waals surface area contributed by atoms with Crippen LogP contribution in [-0.4, -0.2) is 56.3 Å². The van der Waals surface area contributed by atoms with Gasteiger partial charge >= 0.3 is 19.8 Å². The van der Waals surface area contributed by atoms with Crippen LogP contribution in [0.25, 0.3) is 0 Å². The van der Waals surface area contributed by atoms with Gasteiger partial charge in [-0.3, -0.25) is 18.6 Å². The quantitative estimate of drug-likeness (QED) is 0.0268. The van der Waals surface area contributed by atoms with Crippen LogP contribution in [0, 0.1) is 0 Å². The number of hydrogen-bond donors (Lipinski definition) is 2. The first-order chi connectivity index (χ1) is 27.3. The minimum Gasteiger partial charge on any atom is -0.462 e. The lowest BCUT2D eigenvalue weighted by molar-refractivity contribution is -0.161. The number of likely N-dealkylation sites (N-methyl/N-ethyl adjacent to an activating group) is 1. The molecular weight excluding hydrogens is 725 g/mol. The second-order valence-corrected chi connectivity index (χ2v) is 17.4. The predicted octanol–water partition coefficient (Wildman–Crippen LogP) is 13.7. The fraction of sp³-hybridized carbons (Fsp3) is 0.913. The van der Waals surface area contributed by atoms with Crippen LogP contribution in [0.5, 0.6) is 0 Å². The molecule has 10 heteroatoms. The highest BCUT2D eigenvalue weighted by Gasteiger charge is 2.26. The van der Waals surface area contributed by atoms with E-state index < -0.39 is 26.5 Å². The lowest BCUT2D eigenvalue weighted by Crippen LogP contribution is -2.29. The van der Waals surface area contributed by atoms with Crippen LogP contribution < -0.4 is 5.32 Å². The van der Waals surface area contributed by atoms with Gasteiger partial charge in [0.15, 0.2) is 6.10 Å². The number of nitrogens with one attached hydrogen (secondary N) is 1. The SMILES string of the molecule is CCCCCCCC/C=C\CCCCCCCCCCCC(=O)OCC(COP(=O)(O)OCCNC)OC(=O)CCCCCCCCCCCCCCCCC. The molecule has 2 unspecified atom stereocenters. The number of esters is 2. The number of carbonyl (C=O) groups is 2. The lowest BCUT2D eigenvalue weighted by atomic mass is 10.0. The standard InChI is InChI=1S/C46H90NO8P/c1-4-6-8-10-12-14-16-18-20-21-22-23-25-26-28-30-32-34-36-38-45(48)52-42-44(43-54-56(50,51)53-41-40-47-3)55-46(49)39-37-35-33-31-29-27-24-19-17-15-13-11-9-7-5-2/h18,20,44,47H,4-17,19,21-43H2,1-3H3,(H,50,51)/b20-18-. The number of allylic oxidation sites excluding steroid dienone is 2. The minimum absolute atomic E-state index is 0.0137. The average molecular weight is 816 g/mol. The Balaban J connectivity index is 4.12.